The van der Waals surface area contributed by atoms with Crippen molar-refractivity contribution < 1.29 is 9.53 Å². The van der Waals surface area contributed by atoms with Crippen LogP contribution in [0.15, 0.2) is 24.3 Å². The molecule has 0 bridgehead atoms. The lowest BCUT2D eigenvalue weighted by Gasteiger charge is -2.47. The highest BCUT2D eigenvalue weighted by molar-refractivity contribution is 5.85. The second-order valence-electron chi connectivity index (χ2n) is 5.79. The second-order valence-corrected chi connectivity index (χ2v) is 5.79. The fraction of sp³-hybridized carbons (Fsp3) is 0.562. The molecule has 1 heterocycles. The summed E-state index contributed by atoms with van der Waals surface area (Å²) in [6, 6.07) is 8.30. The minimum absolute atomic E-state index is 0. The molecule has 0 amide bonds. The Morgan fingerprint density at radius 1 is 1.40 bits per heavy atom. The fourth-order valence-corrected chi connectivity index (χ4v) is 3.79. The molecule has 3 rings (SSSR count). The molecule has 1 saturated heterocycles. The van der Waals surface area contributed by atoms with Crippen molar-refractivity contribution in [2.24, 2.45) is 5.92 Å². The van der Waals surface area contributed by atoms with E-state index in [4.69, 9.17) is 4.74 Å². The van der Waals surface area contributed by atoms with E-state index in [1.165, 1.54) is 5.56 Å². The largest absolute Gasteiger partial charge is 0.497 e. The highest BCUT2D eigenvalue weighted by Gasteiger charge is 2.46. The van der Waals surface area contributed by atoms with Gasteiger partial charge in [-0.15, -0.1) is 12.4 Å². The molecule has 0 aromatic heterocycles. The molecule has 2 aliphatic rings. The molecule has 3 nitrogen and oxygen atoms in total. The van der Waals surface area contributed by atoms with Crippen LogP contribution in [0.4, 0.5) is 0 Å². The maximum Gasteiger partial charge on any atom is 0.133 e. The number of ether oxygens (including phenoxy) is 1. The first-order valence-corrected chi connectivity index (χ1v) is 7.11. The lowest BCUT2D eigenvalue weighted by Crippen LogP contribution is -2.51. The number of methoxy groups -OCH3 is 1. The number of halogens is 1. The van der Waals surface area contributed by atoms with Gasteiger partial charge in [-0.3, -0.25) is 4.79 Å². The SMILES string of the molecule is COc1cccc(C23CCNCC2CCC(=O)C3)c1.Cl. The van der Waals surface area contributed by atoms with Gasteiger partial charge >= 0.3 is 0 Å². The van der Waals surface area contributed by atoms with Crippen LogP contribution >= 0.6 is 12.4 Å². The van der Waals surface area contributed by atoms with E-state index in [9.17, 15) is 4.79 Å². The van der Waals surface area contributed by atoms with Crippen LogP contribution in [0.3, 0.4) is 0 Å². The zero-order chi connectivity index (χ0) is 13.3. The van der Waals surface area contributed by atoms with Crippen molar-refractivity contribution in [1.29, 1.82) is 0 Å². The Morgan fingerprint density at radius 3 is 3.05 bits per heavy atom. The van der Waals surface area contributed by atoms with Gasteiger partial charge in [0.05, 0.1) is 7.11 Å². The Kier molecular flexibility index (Phi) is 4.71. The minimum Gasteiger partial charge on any atom is -0.497 e. The summed E-state index contributed by atoms with van der Waals surface area (Å²) in [5.41, 5.74) is 1.32. The molecule has 1 aliphatic heterocycles. The molecule has 1 aromatic carbocycles. The molecule has 0 spiro atoms. The molecule has 2 atom stereocenters. The predicted molar refractivity (Wildman–Crippen MR) is 81.8 cm³/mol. The van der Waals surface area contributed by atoms with Crippen molar-refractivity contribution in [3.05, 3.63) is 29.8 Å². The van der Waals surface area contributed by atoms with Crippen molar-refractivity contribution in [2.45, 2.75) is 31.1 Å². The normalized spacial score (nSPS) is 29.2. The van der Waals surface area contributed by atoms with Crippen molar-refractivity contribution in [3.8, 4) is 5.75 Å². The maximum absolute atomic E-state index is 12.0. The van der Waals surface area contributed by atoms with Gasteiger partial charge in [-0.25, -0.2) is 0 Å². The van der Waals surface area contributed by atoms with Crippen LogP contribution in [0.1, 0.15) is 31.2 Å². The van der Waals surface area contributed by atoms with E-state index < -0.39 is 0 Å². The van der Waals surface area contributed by atoms with Crippen molar-refractivity contribution >= 4 is 18.2 Å². The molecule has 2 fully saturated rings. The first-order chi connectivity index (χ1) is 9.24. The zero-order valence-corrected chi connectivity index (χ0v) is 12.7. The number of benzene rings is 1. The standard InChI is InChI=1S/C16H21NO2.ClH/c1-19-15-4-2-3-12(9-15)16-7-8-17-11-13(16)5-6-14(18)10-16;/h2-4,9,13,17H,5-8,10-11H2,1H3;1H. The van der Waals surface area contributed by atoms with E-state index in [0.29, 0.717) is 18.1 Å². The maximum atomic E-state index is 12.0. The summed E-state index contributed by atoms with van der Waals surface area (Å²) in [4.78, 5) is 12.0. The van der Waals surface area contributed by atoms with Crippen LogP contribution in [0.25, 0.3) is 0 Å². The third-order valence-corrected chi connectivity index (χ3v) is 4.85. The Balaban J connectivity index is 0.00000147. The fourth-order valence-electron chi connectivity index (χ4n) is 3.79. The average molecular weight is 296 g/mol. The predicted octanol–water partition coefficient (Wildman–Crippen LogP) is 2.72. The molecule has 1 aromatic rings. The van der Waals surface area contributed by atoms with Gasteiger partial charge in [0.25, 0.3) is 0 Å². The Morgan fingerprint density at radius 2 is 2.25 bits per heavy atom. The highest BCUT2D eigenvalue weighted by atomic mass is 35.5. The Labute approximate surface area is 126 Å². The average Bonchev–Trinajstić information content (AvgIpc) is 2.47. The molecule has 1 saturated carbocycles. The smallest absolute Gasteiger partial charge is 0.133 e. The summed E-state index contributed by atoms with van der Waals surface area (Å²) in [6.07, 6.45) is 3.52. The molecule has 20 heavy (non-hydrogen) atoms. The van der Waals surface area contributed by atoms with Crippen molar-refractivity contribution in [2.75, 3.05) is 20.2 Å². The van der Waals surface area contributed by atoms with Crippen LogP contribution in [-0.4, -0.2) is 26.0 Å². The number of ketones is 1. The van der Waals surface area contributed by atoms with Crippen LogP contribution in [0.5, 0.6) is 5.75 Å². The summed E-state index contributed by atoms with van der Waals surface area (Å²) in [7, 11) is 1.70. The number of piperidine rings is 1. The number of rotatable bonds is 2. The third kappa shape index (κ3) is 2.57. The first kappa shape index (κ1) is 15.3. The van der Waals surface area contributed by atoms with Crippen LogP contribution in [0.2, 0.25) is 0 Å². The summed E-state index contributed by atoms with van der Waals surface area (Å²) in [5.74, 6) is 1.88. The number of nitrogens with one attached hydrogen (secondary N) is 1. The van der Waals surface area contributed by atoms with E-state index in [0.717, 1.165) is 38.1 Å². The van der Waals surface area contributed by atoms with E-state index in [1.807, 2.05) is 12.1 Å². The Bertz CT molecular complexity index is 491. The third-order valence-electron chi connectivity index (χ3n) is 4.85. The van der Waals surface area contributed by atoms with Crippen LogP contribution in [-0.2, 0) is 10.2 Å². The van der Waals surface area contributed by atoms with Gasteiger partial charge < -0.3 is 10.1 Å². The quantitative estimate of drug-likeness (QED) is 0.912. The monoisotopic (exact) mass is 295 g/mol. The van der Waals surface area contributed by atoms with Gasteiger partial charge in [0.1, 0.15) is 11.5 Å². The van der Waals surface area contributed by atoms with E-state index in [-0.39, 0.29) is 17.8 Å². The lowest BCUT2D eigenvalue weighted by atomic mass is 9.59. The van der Waals surface area contributed by atoms with E-state index >= 15 is 0 Å². The number of Topliss-reactive ketones (excluding diaryl/α,β-unsaturated/α-hetero) is 1. The van der Waals surface area contributed by atoms with Crippen LogP contribution in [0, 0.1) is 5.92 Å². The van der Waals surface area contributed by atoms with Gasteiger partial charge in [-0.05, 0) is 49.5 Å². The molecular weight excluding hydrogens is 274 g/mol. The number of fused-ring (bicyclic) bond motifs is 1. The number of hydrogen-bond acceptors (Lipinski definition) is 3. The Hall–Kier alpha value is -1.06. The summed E-state index contributed by atoms with van der Waals surface area (Å²) in [5, 5.41) is 3.48. The number of hydrogen-bond donors (Lipinski definition) is 1. The first-order valence-electron chi connectivity index (χ1n) is 7.11. The molecule has 1 aliphatic carbocycles. The topological polar surface area (TPSA) is 38.3 Å². The molecule has 1 N–H and O–H groups in total. The molecule has 0 radical (unpaired) electrons. The van der Waals surface area contributed by atoms with Gasteiger partial charge in [0.2, 0.25) is 0 Å². The van der Waals surface area contributed by atoms with Gasteiger partial charge in [-0.1, -0.05) is 12.1 Å². The summed E-state index contributed by atoms with van der Waals surface area (Å²) in [6.45, 7) is 2.03. The second kappa shape index (κ2) is 6.15. The highest BCUT2D eigenvalue weighted by Crippen LogP contribution is 2.46. The molecule has 4 heteroatoms. The van der Waals surface area contributed by atoms with E-state index in [2.05, 4.69) is 17.4 Å². The van der Waals surface area contributed by atoms with Crippen molar-refractivity contribution in [1.82, 2.24) is 5.32 Å². The molecular formula is C16H22ClNO2. The van der Waals surface area contributed by atoms with E-state index in [1.54, 1.807) is 7.11 Å². The summed E-state index contributed by atoms with van der Waals surface area (Å²) < 4.78 is 5.35. The van der Waals surface area contributed by atoms with Gasteiger partial charge in [0.15, 0.2) is 0 Å². The number of carbonyl (C=O) groups is 1. The number of carbonyl (C=O) groups excluding carboxylic acids is 1. The van der Waals surface area contributed by atoms with Gasteiger partial charge in [0, 0.05) is 18.3 Å². The lowest BCUT2D eigenvalue weighted by molar-refractivity contribution is -0.124. The van der Waals surface area contributed by atoms with Crippen molar-refractivity contribution in [3.63, 3.8) is 0 Å². The minimum atomic E-state index is 0. The zero-order valence-electron chi connectivity index (χ0n) is 11.9. The van der Waals surface area contributed by atoms with Crippen LogP contribution < -0.4 is 10.1 Å². The molecule has 110 valence electrons. The molecule has 2 unspecified atom stereocenters. The summed E-state index contributed by atoms with van der Waals surface area (Å²) >= 11 is 0. The van der Waals surface area contributed by atoms with Gasteiger partial charge in [-0.2, -0.15) is 0 Å².